The number of pyridine rings is 1. The number of rotatable bonds is 4. The second kappa shape index (κ2) is 6.11. The summed E-state index contributed by atoms with van der Waals surface area (Å²) in [7, 11) is 1.74. The van der Waals surface area contributed by atoms with E-state index in [0.29, 0.717) is 12.1 Å². The van der Waals surface area contributed by atoms with Crippen molar-refractivity contribution in [3.8, 4) is 0 Å². The molecule has 0 atom stereocenters. The van der Waals surface area contributed by atoms with Crippen molar-refractivity contribution in [3.05, 3.63) is 59.9 Å². The van der Waals surface area contributed by atoms with Gasteiger partial charge in [-0.15, -0.1) is 0 Å². The maximum atomic E-state index is 12.3. The van der Waals surface area contributed by atoms with Crippen molar-refractivity contribution in [1.82, 2.24) is 4.98 Å². The Kier molecular flexibility index (Phi) is 4.26. The van der Waals surface area contributed by atoms with E-state index in [9.17, 15) is 4.79 Å². The summed E-state index contributed by atoms with van der Waals surface area (Å²) in [6.45, 7) is 0.614. The molecule has 98 valence electrons. The molecule has 4 nitrogen and oxygen atoms in total. The minimum atomic E-state index is -0.0488. The summed E-state index contributed by atoms with van der Waals surface area (Å²) in [5.74, 6) is -0.0488. The number of aromatic nitrogens is 1. The average molecular weight is 255 g/mol. The van der Waals surface area contributed by atoms with E-state index in [2.05, 4.69) is 4.98 Å². The minimum Gasteiger partial charge on any atom is -0.330 e. The van der Waals surface area contributed by atoms with Gasteiger partial charge in [0, 0.05) is 18.8 Å². The zero-order chi connectivity index (χ0) is 13.7. The van der Waals surface area contributed by atoms with Crippen LogP contribution >= 0.6 is 0 Å². The first-order chi connectivity index (χ1) is 9.22. The number of hydrogen-bond donors (Lipinski definition) is 1. The van der Waals surface area contributed by atoms with Crippen LogP contribution in [0, 0.1) is 0 Å². The van der Waals surface area contributed by atoms with Gasteiger partial charge in [-0.05, 0) is 42.8 Å². The lowest BCUT2D eigenvalue weighted by molar-refractivity contribution is 0.0993. The summed E-state index contributed by atoms with van der Waals surface area (Å²) in [6.07, 6.45) is 4.18. The van der Waals surface area contributed by atoms with Crippen molar-refractivity contribution >= 4 is 11.6 Å². The Morgan fingerprint density at radius 3 is 2.58 bits per heavy atom. The third-order valence-corrected chi connectivity index (χ3v) is 2.97. The Morgan fingerprint density at radius 1 is 1.26 bits per heavy atom. The Hall–Kier alpha value is -2.20. The molecule has 0 saturated heterocycles. The lowest BCUT2D eigenvalue weighted by atomic mass is 10.1. The second-order valence-electron chi connectivity index (χ2n) is 4.31. The number of nitrogens with two attached hydrogens (primary N) is 1. The molecule has 0 saturated carbocycles. The van der Waals surface area contributed by atoms with Crippen LogP contribution in [0.15, 0.2) is 48.8 Å². The maximum Gasteiger partial charge on any atom is 0.258 e. The van der Waals surface area contributed by atoms with Gasteiger partial charge < -0.3 is 10.6 Å². The van der Waals surface area contributed by atoms with Gasteiger partial charge in [0.2, 0.25) is 0 Å². The third kappa shape index (κ3) is 3.17. The van der Waals surface area contributed by atoms with Crippen LogP contribution < -0.4 is 10.6 Å². The molecule has 0 fully saturated rings. The molecule has 1 heterocycles. The number of carbonyl (C=O) groups is 1. The van der Waals surface area contributed by atoms with E-state index in [1.54, 1.807) is 24.3 Å². The Labute approximate surface area is 112 Å². The number of hydrogen-bond acceptors (Lipinski definition) is 3. The van der Waals surface area contributed by atoms with Crippen molar-refractivity contribution in [1.29, 1.82) is 0 Å². The molecule has 0 radical (unpaired) electrons. The molecule has 0 aliphatic carbocycles. The number of carbonyl (C=O) groups excluding carboxylic acids is 1. The molecule has 0 unspecified atom stereocenters. The van der Waals surface area contributed by atoms with Gasteiger partial charge in [0.05, 0.1) is 11.9 Å². The minimum absolute atomic E-state index is 0.0488. The molecule has 0 spiro atoms. The quantitative estimate of drug-likeness (QED) is 0.907. The fourth-order valence-corrected chi connectivity index (χ4v) is 1.84. The van der Waals surface area contributed by atoms with Gasteiger partial charge in [0.15, 0.2) is 0 Å². The van der Waals surface area contributed by atoms with Gasteiger partial charge in [-0.1, -0.05) is 12.1 Å². The molecule has 4 heteroatoms. The summed E-state index contributed by atoms with van der Waals surface area (Å²) in [4.78, 5) is 17.9. The number of anilines is 1. The lowest BCUT2D eigenvalue weighted by Gasteiger charge is -2.16. The zero-order valence-corrected chi connectivity index (χ0v) is 10.9. The smallest absolute Gasteiger partial charge is 0.258 e. The summed E-state index contributed by atoms with van der Waals surface area (Å²) in [6, 6.07) is 11.2. The van der Waals surface area contributed by atoms with E-state index in [4.69, 9.17) is 5.73 Å². The molecule has 1 aromatic heterocycles. The highest BCUT2D eigenvalue weighted by Gasteiger charge is 2.13. The lowest BCUT2D eigenvalue weighted by Crippen LogP contribution is -2.26. The fourth-order valence-electron chi connectivity index (χ4n) is 1.84. The van der Waals surface area contributed by atoms with Crippen LogP contribution in [0.2, 0.25) is 0 Å². The van der Waals surface area contributed by atoms with E-state index in [1.165, 1.54) is 0 Å². The predicted octanol–water partition coefficient (Wildman–Crippen LogP) is 1.86. The first-order valence-electron chi connectivity index (χ1n) is 6.19. The van der Waals surface area contributed by atoms with Crippen LogP contribution in [0.1, 0.15) is 15.9 Å². The number of benzene rings is 1. The standard InChI is InChI=1S/C15H17N3O/c1-18(14-3-2-10-17-11-14)15(19)13-6-4-12(5-7-13)8-9-16/h2-7,10-11H,8-9,16H2,1H3. The molecule has 2 aromatic rings. The molecule has 0 bridgehead atoms. The van der Waals surface area contributed by atoms with Crippen molar-refractivity contribution in [2.24, 2.45) is 5.73 Å². The summed E-state index contributed by atoms with van der Waals surface area (Å²) in [5.41, 5.74) is 8.08. The van der Waals surface area contributed by atoms with E-state index in [0.717, 1.165) is 17.7 Å². The third-order valence-electron chi connectivity index (χ3n) is 2.97. The number of nitrogens with zero attached hydrogens (tertiary/aromatic N) is 2. The fraction of sp³-hybridized carbons (Fsp3) is 0.200. The Bertz CT molecular complexity index is 537. The first kappa shape index (κ1) is 13.2. The summed E-state index contributed by atoms with van der Waals surface area (Å²) >= 11 is 0. The average Bonchev–Trinajstić information content (AvgIpc) is 2.48. The van der Waals surface area contributed by atoms with Crippen LogP contribution in [-0.2, 0) is 6.42 Å². The van der Waals surface area contributed by atoms with Crippen LogP contribution in [0.3, 0.4) is 0 Å². The molecule has 0 aliphatic rings. The monoisotopic (exact) mass is 255 g/mol. The van der Waals surface area contributed by atoms with Gasteiger partial charge in [-0.25, -0.2) is 0 Å². The topological polar surface area (TPSA) is 59.2 Å². The Balaban J connectivity index is 2.15. The largest absolute Gasteiger partial charge is 0.330 e. The molecule has 0 aliphatic heterocycles. The molecule has 2 rings (SSSR count). The van der Waals surface area contributed by atoms with E-state index in [1.807, 2.05) is 36.4 Å². The Morgan fingerprint density at radius 2 is 2.00 bits per heavy atom. The van der Waals surface area contributed by atoms with Gasteiger partial charge in [-0.3, -0.25) is 9.78 Å². The van der Waals surface area contributed by atoms with Crippen LogP contribution in [0.25, 0.3) is 0 Å². The molecule has 2 N–H and O–H groups in total. The maximum absolute atomic E-state index is 12.3. The van der Waals surface area contributed by atoms with Gasteiger partial charge >= 0.3 is 0 Å². The molecular formula is C15H17N3O. The molecule has 19 heavy (non-hydrogen) atoms. The van der Waals surface area contributed by atoms with Crippen molar-refractivity contribution in [2.75, 3.05) is 18.5 Å². The summed E-state index contributed by atoms with van der Waals surface area (Å²) in [5, 5.41) is 0. The van der Waals surface area contributed by atoms with E-state index in [-0.39, 0.29) is 5.91 Å². The van der Waals surface area contributed by atoms with Crippen LogP contribution in [0.4, 0.5) is 5.69 Å². The highest BCUT2D eigenvalue weighted by Crippen LogP contribution is 2.14. The van der Waals surface area contributed by atoms with Gasteiger partial charge in [0.25, 0.3) is 5.91 Å². The van der Waals surface area contributed by atoms with Crippen molar-refractivity contribution in [3.63, 3.8) is 0 Å². The normalized spacial score (nSPS) is 10.2. The predicted molar refractivity (Wildman–Crippen MR) is 76.2 cm³/mol. The zero-order valence-electron chi connectivity index (χ0n) is 10.9. The highest BCUT2D eigenvalue weighted by molar-refractivity contribution is 6.05. The summed E-state index contributed by atoms with van der Waals surface area (Å²) < 4.78 is 0. The van der Waals surface area contributed by atoms with E-state index >= 15 is 0 Å². The van der Waals surface area contributed by atoms with E-state index < -0.39 is 0 Å². The van der Waals surface area contributed by atoms with Crippen molar-refractivity contribution in [2.45, 2.75) is 6.42 Å². The van der Waals surface area contributed by atoms with Gasteiger partial charge in [0.1, 0.15) is 0 Å². The van der Waals surface area contributed by atoms with Crippen LogP contribution in [-0.4, -0.2) is 24.5 Å². The van der Waals surface area contributed by atoms with Gasteiger partial charge in [-0.2, -0.15) is 0 Å². The molecular weight excluding hydrogens is 238 g/mol. The second-order valence-corrected chi connectivity index (χ2v) is 4.31. The van der Waals surface area contributed by atoms with Crippen LogP contribution in [0.5, 0.6) is 0 Å². The first-order valence-corrected chi connectivity index (χ1v) is 6.19. The SMILES string of the molecule is CN(C(=O)c1ccc(CCN)cc1)c1cccnc1. The molecule has 1 amide bonds. The molecule has 1 aromatic carbocycles. The highest BCUT2D eigenvalue weighted by atomic mass is 16.2. The van der Waals surface area contributed by atoms with Crippen molar-refractivity contribution < 1.29 is 4.79 Å². The number of amides is 1.